The molecule has 96 valence electrons. The fourth-order valence-electron chi connectivity index (χ4n) is 1.66. The minimum Gasteiger partial charge on any atom is -0.351 e. The van der Waals surface area contributed by atoms with Crippen LogP contribution in [0, 0.1) is 19.7 Å². The summed E-state index contributed by atoms with van der Waals surface area (Å²) in [7, 11) is 0. The van der Waals surface area contributed by atoms with Crippen LogP contribution in [0.25, 0.3) is 11.3 Å². The normalized spacial score (nSPS) is 11.9. The molecule has 0 spiro atoms. The molecular formula is C12H9F4NO. The first-order chi connectivity index (χ1) is 8.30. The van der Waals surface area contributed by atoms with Crippen LogP contribution in [0.5, 0.6) is 0 Å². The van der Waals surface area contributed by atoms with Crippen molar-refractivity contribution in [2.75, 3.05) is 0 Å². The Hall–Kier alpha value is -1.85. The minimum atomic E-state index is -4.63. The zero-order chi connectivity index (χ0) is 13.5. The zero-order valence-corrected chi connectivity index (χ0v) is 9.60. The highest BCUT2D eigenvalue weighted by molar-refractivity contribution is 5.64. The minimum absolute atomic E-state index is 0.00245. The first kappa shape index (κ1) is 12.6. The highest BCUT2D eigenvalue weighted by Crippen LogP contribution is 2.36. The zero-order valence-electron chi connectivity index (χ0n) is 9.60. The van der Waals surface area contributed by atoms with E-state index < -0.39 is 17.8 Å². The molecule has 18 heavy (non-hydrogen) atoms. The van der Waals surface area contributed by atoms with E-state index in [2.05, 4.69) is 9.68 Å². The summed E-state index contributed by atoms with van der Waals surface area (Å²) in [5.41, 5.74) is 0.330. The standard InChI is InChI=1S/C12H9F4NO/c1-6-3-4-8(9(13)5-6)10-7(2)11(18-17-10)12(14,15)16/h3-5H,1-2H3. The van der Waals surface area contributed by atoms with Crippen molar-refractivity contribution in [1.82, 2.24) is 5.16 Å². The van der Waals surface area contributed by atoms with Crippen molar-refractivity contribution in [3.05, 3.63) is 40.9 Å². The van der Waals surface area contributed by atoms with Gasteiger partial charge in [0.25, 0.3) is 0 Å². The number of benzene rings is 1. The second kappa shape index (κ2) is 4.12. The van der Waals surface area contributed by atoms with Crippen molar-refractivity contribution >= 4 is 0 Å². The maximum atomic E-state index is 13.7. The van der Waals surface area contributed by atoms with E-state index in [1.165, 1.54) is 19.1 Å². The molecule has 0 saturated carbocycles. The van der Waals surface area contributed by atoms with Crippen LogP contribution < -0.4 is 0 Å². The molecular weight excluding hydrogens is 250 g/mol. The molecule has 1 heterocycles. The van der Waals surface area contributed by atoms with Gasteiger partial charge in [0.05, 0.1) is 0 Å². The maximum absolute atomic E-state index is 13.7. The van der Waals surface area contributed by atoms with Gasteiger partial charge < -0.3 is 4.52 Å². The third-order valence-electron chi connectivity index (χ3n) is 2.56. The molecule has 2 aromatic rings. The average Bonchev–Trinajstić information content (AvgIpc) is 2.60. The van der Waals surface area contributed by atoms with Crippen LogP contribution in [0.15, 0.2) is 22.7 Å². The number of aromatic nitrogens is 1. The number of nitrogens with zero attached hydrogens (tertiary/aromatic N) is 1. The molecule has 0 bridgehead atoms. The summed E-state index contributed by atoms with van der Waals surface area (Å²) in [6.07, 6.45) is -4.63. The first-order valence-corrected chi connectivity index (χ1v) is 5.10. The van der Waals surface area contributed by atoms with Crippen molar-refractivity contribution in [3.63, 3.8) is 0 Å². The van der Waals surface area contributed by atoms with Crippen LogP contribution in [-0.2, 0) is 6.18 Å². The number of aryl methyl sites for hydroxylation is 1. The van der Waals surface area contributed by atoms with Crippen molar-refractivity contribution in [2.24, 2.45) is 0 Å². The van der Waals surface area contributed by atoms with Crippen LogP contribution in [0.3, 0.4) is 0 Å². The lowest BCUT2D eigenvalue weighted by atomic mass is 10.0. The smallest absolute Gasteiger partial charge is 0.351 e. The second-order valence-electron chi connectivity index (χ2n) is 3.97. The van der Waals surface area contributed by atoms with Crippen molar-refractivity contribution in [1.29, 1.82) is 0 Å². The molecule has 0 aliphatic heterocycles. The van der Waals surface area contributed by atoms with E-state index in [0.717, 1.165) is 0 Å². The van der Waals surface area contributed by atoms with Gasteiger partial charge in [-0.15, -0.1) is 0 Å². The molecule has 0 aliphatic carbocycles. The molecule has 0 fully saturated rings. The van der Waals surface area contributed by atoms with Gasteiger partial charge in [-0.1, -0.05) is 11.2 Å². The molecule has 0 N–H and O–H groups in total. The molecule has 1 aromatic heterocycles. The molecule has 0 aliphatic rings. The molecule has 6 heteroatoms. The van der Waals surface area contributed by atoms with Gasteiger partial charge in [0.2, 0.25) is 5.76 Å². The maximum Gasteiger partial charge on any atom is 0.452 e. The van der Waals surface area contributed by atoms with Gasteiger partial charge in [-0.3, -0.25) is 0 Å². The number of halogens is 4. The Kier molecular flexibility index (Phi) is 2.88. The van der Waals surface area contributed by atoms with E-state index in [1.54, 1.807) is 13.0 Å². The van der Waals surface area contributed by atoms with Gasteiger partial charge >= 0.3 is 6.18 Å². The Labute approximate surface area is 100 Å². The van der Waals surface area contributed by atoms with Crippen molar-refractivity contribution in [2.45, 2.75) is 20.0 Å². The lowest BCUT2D eigenvalue weighted by Gasteiger charge is -2.03. The molecule has 2 nitrogen and oxygen atoms in total. The monoisotopic (exact) mass is 259 g/mol. The Morgan fingerprint density at radius 1 is 1.17 bits per heavy atom. The van der Waals surface area contributed by atoms with Crippen LogP contribution in [0.4, 0.5) is 17.6 Å². The molecule has 0 amide bonds. The summed E-state index contributed by atoms with van der Waals surface area (Å²) in [4.78, 5) is 0. The Morgan fingerprint density at radius 3 is 2.33 bits per heavy atom. The third kappa shape index (κ3) is 2.10. The van der Waals surface area contributed by atoms with Crippen molar-refractivity contribution in [3.8, 4) is 11.3 Å². The third-order valence-corrected chi connectivity index (χ3v) is 2.56. The summed E-state index contributed by atoms with van der Waals surface area (Å²) in [6.45, 7) is 2.89. The van der Waals surface area contributed by atoms with Gasteiger partial charge in [-0.25, -0.2) is 4.39 Å². The number of alkyl halides is 3. The topological polar surface area (TPSA) is 26.0 Å². The predicted molar refractivity (Wildman–Crippen MR) is 56.4 cm³/mol. The predicted octanol–water partition coefficient (Wildman–Crippen LogP) is 4.12. The Morgan fingerprint density at radius 2 is 1.83 bits per heavy atom. The molecule has 0 unspecified atom stereocenters. The van der Waals surface area contributed by atoms with Gasteiger partial charge in [-0.2, -0.15) is 13.2 Å². The highest BCUT2D eigenvalue weighted by atomic mass is 19.4. The van der Waals surface area contributed by atoms with E-state index in [4.69, 9.17) is 0 Å². The second-order valence-corrected chi connectivity index (χ2v) is 3.97. The Balaban J connectivity index is 2.56. The van der Waals surface area contributed by atoms with Crippen LogP contribution in [-0.4, -0.2) is 5.16 Å². The fraction of sp³-hybridized carbons (Fsp3) is 0.250. The number of hydrogen-bond acceptors (Lipinski definition) is 2. The lowest BCUT2D eigenvalue weighted by molar-refractivity contribution is -0.156. The number of hydrogen-bond donors (Lipinski definition) is 0. The summed E-state index contributed by atoms with van der Waals surface area (Å²) in [6, 6.07) is 4.21. The van der Waals surface area contributed by atoms with Gasteiger partial charge in [0, 0.05) is 11.1 Å². The van der Waals surface area contributed by atoms with Crippen LogP contribution >= 0.6 is 0 Å². The number of rotatable bonds is 1. The largest absolute Gasteiger partial charge is 0.452 e. The summed E-state index contributed by atoms with van der Waals surface area (Å²) >= 11 is 0. The van der Waals surface area contributed by atoms with Gasteiger partial charge in [0.15, 0.2) is 0 Å². The van der Waals surface area contributed by atoms with Crippen molar-refractivity contribution < 1.29 is 22.1 Å². The molecule has 0 atom stereocenters. The molecule has 2 rings (SSSR count). The Bertz CT molecular complexity index is 586. The average molecular weight is 259 g/mol. The summed E-state index contributed by atoms with van der Waals surface area (Å²) < 4.78 is 55.5. The van der Waals surface area contributed by atoms with E-state index in [9.17, 15) is 17.6 Å². The SMILES string of the molecule is Cc1ccc(-c2noc(C(F)(F)F)c2C)c(F)c1. The molecule has 0 saturated heterocycles. The van der Waals surface area contributed by atoms with E-state index in [1.807, 2.05) is 0 Å². The molecule has 1 aromatic carbocycles. The quantitative estimate of drug-likeness (QED) is 0.720. The van der Waals surface area contributed by atoms with Gasteiger partial charge in [-0.05, 0) is 31.5 Å². The van der Waals surface area contributed by atoms with Crippen LogP contribution in [0.1, 0.15) is 16.9 Å². The summed E-state index contributed by atoms with van der Waals surface area (Å²) in [5.74, 6) is -1.82. The van der Waals surface area contributed by atoms with E-state index in [0.29, 0.717) is 5.56 Å². The fourth-order valence-corrected chi connectivity index (χ4v) is 1.66. The highest BCUT2D eigenvalue weighted by Gasteiger charge is 2.39. The first-order valence-electron chi connectivity index (χ1n) is 5.10. The van der Waals surface area contributed by atoms with Crippen LogP contribution in [0.2, 0.25) is 0 Å². The summed E-state index contributed by atoms with van der Waals surface area (Å²) in [5, 5.41) is 3.31. The lowest BCUT2D eigenvalue weighted by Crippen LogP contribution is -2.05. The molecule has 0 radical (unpaired) electrons. The van der Waals surface area contributed by atoms with Gasteiger partial charge in [0.1, 0.15) is 11.5 Å². The van der Waals surface area contributed by atoms with E-state index >= 15 is 0 Å². The van der Waals surface area contributed by atoms with E-state index in [-0.39, 0.29) is 16.8 Å².